The summed E-state index contributed by atoms with van der Waals surface area (Å²) in [6.07, 6.45) is 0.127. The summed E-state index contributed by atoms with van der Waals surface area (Å²) in [6.45, 7) is 6.21. The second-order valence-corrected chi connectivity index (χ2v) is 8.21. The third-order valence-electron chi connectivity index (χ3n) is 4.44. The molecule has 1 aliphatic rings. The van der Waals surface area contributed by atoms with Gasteiger partial charge in [0.2, 0.25) is 0 Å². The molecule has 3 rings (SSSR count). The number of rotatable bonds is 2. The van der Waals surface area contributed by atoms with E-state index in [9.17, 15) is 14.9 Å². The molecular weight excluding hydrogens is 410 g/mol. The van der Waals surface area contributed by atoms with Gasteiger partial charge in [0.25, 0.3) is 0 Å². The van der Waals surface area contributed by atoms with Crippen molar-refractivity contribution in [3.05, 3.63) is 29.0 Å². The molecule has 1 aliphatic heterocycles. The van der Waals surface area contributed by atoms with Gasteiger partial charge in [-0.15, -0.1) is 0 Å². The summed E-state index contributed by atoms with van der Waals surface area (Å²) < 4.78 is 5.44. The lowest BCUT2D eigenvalue weighted by Crippen LogP contribution is -2.63. The summed E-state index contributed by atoms with van der Waals surface area (Å²) in [4.78, 5) is 36.0. The average molecular weight is 432 g/mol. The largest absolute Gasteiger partial charge is 0.444 e. The maximum absolute atomic E-state index is 12.6. The number of piperazine rings is 1. The first-order chi connectivity index (χ1) is 14.1. The van der Waals surface area contributed by atoms with Crippen LogP contribution in [-0.4, -0.2) is 58.4 Å². The van der Waals surface area contributed by atoms with E-state index in [1.165, 1.54) is 11.2 Å². The van der Waals surface area contributed by atoms with E-state index >= 15 is 0 Å². The number of carbonyl (C=O) groups is 2. The second-order valence-electron chi connectivity index (χ2n) is 7.80. The molecule has 3 amide bonds. The highest BCUT2D eigenvalue weighted by Gasteiger charge is 2.35. The predicted molar refractivity (Wildman–Crippen MR) is 111 cm³/mol. The van der Waals surface area contributed by atoms with Gasteiger partial charge in [-0.2, -0.15) is 5.26 Å². The third-order valence-corrected chi connectivity index (χ3v) is 4.75. The van der Waals surface area contributed by atoms with Crippen LogP contribution in [0.4, 0.5) is 15.4 Å². The van der Waals surface area contributed by atoms with Crippen molar-refractivity contribution in [2.45, 2.75) is 32.5 Å². The Balaban J connectivity index is 1.93. The zero-order valence-corrected chi connectivity index (χ0v) is 17.6. The van der Waals surface area contributed by atoms with Crippen LogP contribution in [0.1, 0.15) is 26.3 Å². The lowest BCUT2D eigenvalue weighted by Gasteiger charge is -2.42. The average Bonchev–Trinajstić information content (AvgIpc) is 2.65. The minimum atomic E-state index is -0.762. The highest BCUT2D eigenvalue weighted by Crippen LogP contribution is 2.29. The van der Waals surface area contributed by atoms with E-state index in [-0.39, 0.29) is 13.1 Å². The van der Waals surface area contributed by atoms with Crippen LogP contribution in [0.5, 0.6) is 0 Å². The minimum Gasteiger partial charge on any atom is -0.444 e. The molecule has 1 saturated heterocycles. The van der Waals surface area contributed by atoms with Gasteiger partial charge in [0.1, 0.15) is 30.0 Å². The van der Waals surface area contributed by atoms with Crippen molar-refractivity contribution in [1.29, 1.82) is 5.26 Å². The van der Waals surface area contributed by atoms with Crippen molar-refractivity contribution in [2.24, 2.45) is 5.73 Å². The SMILES string of the molecule is CC(C)(C)OC(=O)N1CCN(c2ncnc3cc(Cl)c(C#N)cc23)CC1NC(N)=O. The fraction of sp³-hybridized carbons (Fsp3) is 0.421. The van der Waals surface area contributed by atoms with E-state index in [1.807, 2.05) is 11.0 Å². The van der Waals surface area contributed by atoms with E-state index in [2.05, 4.69) is 15.3 Å². The number of ether oxygens (including phenoxy) is 1. The second kappa shape index (κ2) is 8.20. The number of primary amides is 1. The summed E-state index contributed by atoms with van der Waals surface area (Å²) in [7, 11) is 0. The number of urea groups is 1. The van der Waals surface area contributed by atoms with Crippen molar-refractivity contribution in [3.8, 4) is 6.07 Å². The van der Waals surface area contributed by atoms with Crippen molar-refractivity contribution in [1.82, 2.24) is 20.2 Å². The van der Waals surface area contributed by atoms with Crippen LogP contribution < -0.4 is 16.0 Å². The van der Waals surface area contributed by atoms with E-state index in [0.29, 0.717) is 33.9 Å². The van der Waals surface area contributed by atoms with Gasteiger partial charge in [0.15, 0.2) is 0 Å². The number of nitrogens with two attached hydrogens (primary N) is 1. The van der Waals surface area contributed by atoms with Gasteiger partial charge < -0.3 is 20.7 Å². The monoisotopic (exact) mass is 431 g/mol. The summed E-state index contributed by atoms with van der Waals surface area (Å²) in [5.41, 5.74) is 5.53. The number of hydrogen-bond donors (Lipinski definition) is 2. The van der Waals surface area contributed by atoms with Gasteiger partial charge in [-0.05, 0) is 32.9 Å². The molecule has 1 unspecified atom stereocenters. The topological polar surface area (TPSA) is 137 Å². The van der Waals surface area contributed by atoms with Gasteiger partial charge in [-0.1, -0.05) is 11.6 Å². The van der Waals surface area contributed by atoms with Crippen molar-refractivity contribution < 1.29 is 14.3 Å². The minimum absolute atomic E-state index is 0.221. The van der Waals surface area contributed by atoms with Crippen LogP contribution in [0.3, 0.4) is 0 Å². The molecule has 0 aliphatic carbocycles. The molecule has 0 bridgehead atoms. The Bertz CT molecular complexity index is 1030. The highest BCUT2D eigenvalue weighted by atomic mass is 35.5. The number of benzene rings is 1. The number of fused-ring (bicyclic) bond motifs is 1. The number of nitrogens with one attached hydrogen (secondary N) is 1. The molecule has 1 aromatic heterocycles. The standard InChI is InChI=1S/C19H22ClN7O3/c1-19(2,3)30-18(29)27-5-4-26(9-15(27)25-17(22)28)16-12-6-11(8-21)13(20)7-14(12)23-10-24-16/h6-7,10,15H,4-5,9H2,1-3H3,(H3,22,25,28). The molecule has 1 atom stereocenters. The van der Waals surface area contributed by atoms with Crippen LogP contribution >= 0.6 is 11.6 Å². The first-order valence-corrected chi connectivity index (χ1v) is 9.62. The number of aromatic nitrogens is 2. The Labute approximate surface area is 178 Å². The van der Waals surface area contributed by atoms with Crippen molar-refractivity contribution in [3.63, 3.8) is 0 Å². The molecule has 0 radical (unpaired) electrons. The third kappa shape index (κ3) is 4.63. The predicted octanol–water partition coefficient (Wildman–Crippen LogP) is 2.21. The van der Waals surface area contributed by atoms with Crippen LogP contribution in [0, 0.1) is 11.3 Å². The van der Waals surface area contributed by atoms with Crippen molar-refractivity contribution in [2.75, 3.05) is 24.5 Å². The van der Waals surface area contributed by atoms with E-state index in [0.717, 1.165) is 0 Å². The van der Waals surface area contributed by atoms with Crippen LogP contribution in [-0.2, 0) is 4.74 Å². The molecule has 0 spiro atoms. The Morgan fingerprint density at radius 3 is 2.70 bits per heavy atom. The number of nitriles is 1. The number of anilines is 1. The molecule has 158 valence electrons. The maximum atomic E-state index is 12.6. The van der Waals surface area contributed by atoms with Crippen LogP contribution in [0.15, 0.2) is 18.5 Å². The Morgan fingerprint density at radius 2 is 2.07 bits per heavy atom. The fourth-order valence-corrected chi connectivity index (χ4v) is 3.40. The maximum Gasteiger partial charge on any atom is 0.412 e. The zero-order chi connectivity index (χ0) is 22.1. The zero-order valence-electron chi connectivity index (χ0n) is 16.8. The van der Waals surface area contributed by atoms with Crippen LogP contribution in [0.25, 0.3) is 10.9 Å². The summed E-state index contributed by atoms with van der Waals surface area (Å²) in [5.74, 6) is 0.563. The van der Waals surface area contributed by atoms with Gasteiger partial charge in [-0.3, -0.25) is 4.90 Å². The molecule has 1 fully saturated rings. The smallest absolute Gasteiger partial charge is 0.412 e. The Morgan fingerprint density at radius 1 is 1.33 bits per heavy atom. The molecule has 0 saturated carbocycles. The highest BCUT2D eigenvalue weighted by molar-refractivity contribution is 6.32. The molecule has 3 N–H and O–H groups in total. The molecule has 1 aromatic carbocycles. The number of nitrogens with zero attached hydrogens (tertiary/aromatic N) is 5. The first kappa shape index (κ1) is 21.4. The van der Waals surface area contributed by atoms with Gasteiger partial charge >= 0.3 is 12.1 Å². The molecule has 2 heterocycles. The molecule has 30 heavy (non-hydrogen) atoms. The summed E-state index contributed by atoms with van der Waals surface area (Å²) in [6, 6.07) is 4.52. The number of hydrogen-bond acceptors (Lipinski definition) is 7. The summed E-state index contributed by atoms with van der Waals surface area (Å²) >= 11 is 6.11. The normalized spacial score (nSPS) is 16.8. The van der Waals surface area contributed by atoms with Crippen molar-refractivity contribution >= 4 is 40.4 Å². The fourth-order valence-electron chi connectivity index (χ4n) is 3.20. The van der Waals surface area contributed by atoms with Gasteiger partial charge in [-0.25, -0.2) is 19.6 Å². The number of amides is 3. The van der Waals surface area contributed by atoms with E-state index in [1.54, 1.807) is 32.9 Å². The Kier molecular flexibility index (Phi) is 5.85. The molecule has 2 aromatic rings. The molecular formula is C19H22ClN7O3. The van der Waals surface area contributed by atoms with Gasteiger partial charge in [0.05, 0.1) is 22.6 Å². The lowest BCUT2D eigenvalue weighted by molar-refractivity contribution is 0.0118. The first-order valence-electron chi connectivity index (χ1n) is 9.24. The molecule has 10 nitrogen and oxygen atoms in total. The lowest BCUT2D eigenvalue weighted by atomic mass is 10.1. The summed E-state index contributed by atoms with van der Waals surface area (Å²) in [5, 5.41) is 12.8. The van der Waals surface area contributed by atoms with E-state index < -0.39 is 23.9 Å². The number of carbonyl (C=O) groups excluding carboxylic acids is 2. The molecule has 11 heteroatoms. The van der Waals surface area contributed by atoms with E-state index in [4.69, 9.17) is 22.1 Å². The number of halogens is 1. The Hall–Kier alpha value is -3.32. The van der Waals surface area contributed by atoms with Crippen LogP contribution in [0.2, 0.25) is 5.02 Å². The van der Waals surface area contributed by atoms with Gasteiger partial charge in [0, 0.05) is 18.5 Å². The quantitative estimate of drug-likeness (QED) is 0.743.